The van der Waals surface area contributed by atoms with Crippen molar-refractivity contribution >= 4 is 17.3 Å². The van der Waals surface area contributed by atoms with E-state index >= 15 is 0 Å². The fourth-order valence-corrected chi connectivity index (χ4v) is 4.67. The van der Waals surface area contributed by atoms with Gasteiger partial charge in [-0.2, -0.15) is 5.26 Å². The predicted octanol–water partition coefficient (Wildman–Crippen LogP) is 3.83. The summed E-state index contributed by atoms with van der Waals surface area (Å²) in [6.45, 7) is 4.77. The first-order valence-electron chi connectivity index (χ1n) is 10.6. The molecular formula is C24H28N4O2. The number of nitriles is 1. The van der Waals surface area contributed by atoms with Gasteiger partial charge in [0, 0.05) is 42.9 Å². The Balaban J connectivity index is 1.74. The lowest BCUT2D eigenvalue weighted by atomic mass is 9.79. The van der Waals surface area contributed by atoms with Gasteiger partial charge in [-0.25, -0.2) is 0 Å². The van der Waals surface area contributed by atoms with E-state index in [-0.39, 0.29) is 23.9 Å². The van der Waals surface area contributed by atoms with Crippen LogP contribution in [0.4, 0.5) is 11.4 Å². The molecule has 4 rings (SSSR count). The molecule has 30 heavy (non-hydrogen) atoms. The Bertz CT molecular complexity index is 979. The van der Waals surface area contributed by atoms with Crippen LogP contribution in [0.3, 0.4) is 0 Å². The predicted molar refractivity (Wildman–Crippen MR) is 117 cm³/mol. The lowest BCUT2D eigenvalue weighted by Gasteiger charge is -2.46. The number of carbonyl (C=O) groups is 1. The van der Waals surface area contributed by atoms with E-state index in [1.807, 2.05) is 41.3 Å². The summed E-state index contributed by atoms with van der Waals surface area (Å²) in [5.74, 6) is 1.54. The maximum Gasteiger partial charge on any atom is 0.224 e. The van der Waals surface area contributed by atoms with Gasteiger partial charge in [0.1, 0.15) is 12.4 Å². The number of rotatable bonds is 6. The van der Waals surface area contributed by atoms with Crippen molar-refractivity contribution in [2.75, 3.05) is 23.4 Å². The van der Waals surface area contributed by atoms with E-state index in [2.05, 4.69) is 18.3 Å². The second kappa shape index (κ2) is 8.37. The third-order valence-corrected chi connectivity index (χ3v) is 6.10. The van der Waals surface area contributed by atoms with Crippen molar-refractivity contribution in [1.82, 2.24) is 0 Å². The molecule has 0 bridgehead atoms. The van der Waals surface area contributed by atoms with Gasteiger partial charge in [-0.3, -0.25) is 4.79 Å². The standard InChI is InChI=1S/C24H28N4O2/c1-15-23(27-19-4-3-5-20(13-19)30-11-10-25)21-12-17(14-26)6-9-22(21)28(16(2)29)24(15)18-7-8-18/h3-6,9,12-13,15,18,23-24,27H,7-8,10-11,25H2,1-2H3/t15-,23-,24-/m1/s1. The van der Waals surface area contributed by atoms with Crippen LogP contribution in [0.1, 0.15) is 43.9 Å². The summed E-state index contributed by atoms with van der Waals surface area (Å²) < 4.78 is 5.67. The van der Waals surface area contributed by atoms with Gasteiger partial charge < -0.3 is 20.7 Å². The first-order chi connectivity index (χ1) is 14.5. The number of nitrogens with zero attached hydrogens (tertiary/aromatic N) is 2. The molecule has 1 aliphatic heterocycles. The molecule has 0 aromatic heterocycles. The molecule has 1 saturated carbocycles. The zero-order valence-electron chi connectivity index (χ0n) is 17.5. The average Bonchev–Trinajstić information content (AvgIpc) is 3.58. The van der Waals surface area contributed by atoms with Crippen LogP contribution < -0.4 is 20.7 Å². The molecule has 6 nitrogen and oxygen atoms in total. The van der Waals surface area contributed by atoms with Crippen LogP contribution in [0, 0.1) is 23.2 Å². The molecular weight excluding hydrogens is 376 g/mol. The summed E-state index contributed by atoms with van der Waals surface area (Å²) in [4.78, 5) is 14.6. The van der Waals surface area contributed by atoms with Gasteiger partial charge >= 0.3 is 0 Å². The SMILES string of the molecule is CC(=O)N1c2ccc(C#N)cc2[C@H](Nc2cccc(OCCN)c2)[C@@H](C)[C@@H]1C1CC1. The van der Waals surface area contributed by atoms with Crippen LogP contribution >= 0.6 is 0 Å². The van der Waals surface area contributed by atoms with Gasteiger partial charge in [-0.1, -0.05) is 13.0 Å². The Morgan fingerprint density at radius 2 is 2.10 bits per heavy atom. The summed E-state index contributed by atoms with van der Waals surface area (Å²) >= 11 is 0. The highest BCUT2D eigenvalue weighted by atomic mass is 16.5. The Kier molecular flexibility index (Phi) is 5.65. The lowest BCUT2D eigenvalue weighted by molar-refractivity contribution is -0.117. The van der Waals surface area contributed by atoms with Crippen LogP contribution in [-0.4, -0.2) is 25.1 Å². The van der Waals surface area contributed by atoms with Crippen molar-refractivity contribution < 1.29 is 9.53 Å². The van der Waals surface area contributed by atoms with Crippen molar-refractivity contribution in [3.63, 3.8) is 0 Å². The summed E-state index contributed by atoms with van der Waals surface area (Å²) in [5.41, 5.74) is 8.99. The van der Waals surface area contributed by atoms with E-state index in [0.29, 0.717) is 24.6 Å². The molecule has 3 atom stereocenters. The van der Waals surface area contributed by atoms with Gasteiger partial charge in [0.25, 0.3) is 0 Å². The minimum Gasteiger partial charge on any atom is -0.492 e. The van der Waals surface area contributed by atoms with Crippen molar-refractivity contribution in [2.45, 2.75) is 38.8 Å². The average molecular weight is 405 g/mol. The van der Waals surface area contributed by atoms with Gasteiger partial charge in [0.2, 0.25) is 5.91 Å². The molecule has 0 unspecified atom stereocenters. The van der Waals surface area contributed by atoms with E-state index in [4.69, 9.17) is 10.5 Å². The molecule has 3 N–H and O–H groups in total. The molecule has 1 fully saturated rings. The monoisotopic (exact) mass is 404 g/mol. The van der Waals surface area contributed by atoms with Crippen LogP contribution in [0.2, 0.25) is 0 Å². The summed E-state index contributed by atoms with van der Waals surface area (Å²) in [6.07, 6.45) is 2.30. The first-order valence-corrected chi connectivity index (χ1v) is 10.6. The van der Waals surface area contributed by atoms with E-state index in [0.717, 1.165) is 35.5 Å². The zero-order valence-corrected chi connectivity index (χ0v) is 17.5. The number of nitrogens with two attached hydrogens (primary N) is 1. The first kappa shape index (κ1) is 20.2. The molecule has 0 saturated heterocycles. The smallest absolute Gasteiger partial charge is 0.224 e. The maximum atomic E-state index is 12.6. The van der Waals surface area contributed by atoms with Crippen LogP contribution in [0.5, 0.6) is 5.75 Å². The Labute approximate surface area is 177 Å². The molecule has 2 aromatic carbocycles. The Morgan fingerprint density at radius 3 is 2.77 bits per heavy atom. The van der Waals surface area contributed by atoms with E-state index in [9.17, 15) is 10.1 Å². The number of benzene rings is 2. The minimum atomic E-state index is -0.0146. The second-order valence-electron chi connectivity index (χ2n) is 8.25. The van der Waals surface area contributed by atoms with E-state index in [1.165, 1.54) is 0 Å². The number of anilines is 2. The highest BCUT2D eigenvalue weighted by molar-refractivity contribution is 5.94. The fourth-order valence-electron chi connectivity index (χ4n) is 4.67. The van der Waals surface area contributed by atoms with Crippen LogP contribution in [0.25, 0.3) is 0 Å². The molecule has 1 aliphatic carbocycles. The summed E-state index contributed by atoms with van der Waals surface area (Å²) in [7, 11) is 0. The molecule has 2 aliphatic rings. The van der Waals surface area contributed by atoms with Crippen molar-refractivity contribution in [2.24, 2.45) is 17.6 Å². The normalized spacial score (nSPS) is 22.7. The maximum absolute atomic E-state index is 12.6. The number of nitrogens with one attached hydrogen (secondary N) is 1. The number of hydrogen-bond donors (Lipinski definition) is 2. The van der Waals surface area contributed by atoms with Crippen LogP contribution in [0.15, 0.2) is 42.5 Å². The molecule has 1 amide bonds. The van der Waals surface area contributed by atoms with Gasteiger partial charge in [-0.05, 0) is 54.7 Å². The second-order valence-corrected chi connectivity index (χ2v) is 8.25. The number of fused-ring (bicyclic) bond motifs is 1. The van der Waals surface area contributed by atoms with E-state index < -0.39 is 0 Å². The van der Waals surface area contributed by atoms with Gasteiger partial charge in [0.05, 0.1) is 17.7 Å². The largest absolute Gasteiger partial charge is 0.492 e. The summed E-state index contributed by atoms with van der Waals surface area (Å²) in [5, 5.41) is 13.1. The topological polar surface area (TPSA) is 91.4 Å². The quantitative estimate of drug-likeness (QED) is 0.763. The molecule has 0 spiro atoms. The third-order valence-electron chi connectivity index (χ3n) is 6.10. The van der Waals surface area contributed by atoms with Gasteiger partial charge in [-0.15, -0.1) is 0 Å². The molecule has 156 valence electrons. The third kappa shape index (κ3) is 3.86. The number of hydrogen-bond acceptors (Lipinski definition) is 5. The highest BCUT2D eigenvalue weighted by Crippen LogP contribution is 2.50. The molecule has 0 radical (unpaired) electrons. The fraction of sp³-hybridized carbons (Fsp3) is 0.417. The molecule has 6 heteroatoms. The number of carbonyl (C=O) groups excluding carboxylic acids is 1. The number of ether oxygens (including phenoxy) is 1. The zero-order chi connectivity index (χ0) is 21.3. The van der Waals surface area contributed by atoms with Crippen LogP contribution in [-0.2, 0) is 4.79 Å². The van der Waals surface area contributed by atoms with Crippen molar-refractivity contribution in [1.29, 1.82) is 5.26 Å². The lowest BCUT2D eigenvalue weighted by Crippen LogP contribution is -2.51. The van der Waals surface area contributed by atoms with Gasteiger partial charge in [0.15, 0.2) is 0 Å². The van der Waals surface area contributed by atoms with Crippen molar-refractivity contribution in [3.8, 4) is 11.8 Å². The highest BCUT2D eigenvalue weighted by Gasteiger charge is 2.47. The molecule has 2 aromatic rings. The summed E-state index contributed by atoms with van der Waals surface area (Å²) in [6, 6.07) is 15.9. The van der Waals surface area contributed by atoms with E-state index in [1.54, 1.807) is 13.0 Å². The number of amides is 1. The Hall–Kier alpha value is -3.04. The Morgan fingerprint density at radius 1 is 1.30 bits per heavy atom. The minimum absolute atomic E-state index is 0.0146. The molecule has 1 heterocycles. The van der Waals surface area contributed by atoms with Crippen molar-refractivity contribution in [3.05, 3.63) is 53.6 Å².